The number of carboxylic acid groups (broad SMARTS) is 1. The Labute approximate surface area is 123 Å². The van der Waals surface area contributed by atoms with Gasteiger partial charge in [0, 0.05) is 6.42 Å². The number of fused-ring (bicyclic) bond motifs is 2. The highest BCUT2D eigenvalue weighted by Gasteiger charge is 2.40. The van der Waals surface area contributed by atoms with Crippen molar-refractivity contribution in [1.29, 1.82) is 0 Å². The minimum absolute atomic E-state index is 0.0420. The van der Waals surface area contributed by atoms with Gasteiger partial charge in [0.05, 0.1) is 24.0 Å². The Morgan fingerprint density at radius 3 is 2.71 bits per heavy atom. The van der Waals surface area contributed by atoms with Crippen LogP contribution in [0, 0.1) is 17.8 Å². The number of carbonyl (C=O) groups is 2. The van der Waals surface area contributed by atoms with E-state index in [4.69, 9.17) is 5.11 Å². The first-order valence-corrected chi connectivity index (χ1v) is 7.56. The number of hydrogen-bond donors (Lipinski definition) is 2. The number of anilines is 1. The highest BCUT2D eigenvalue weighted by atomic mass is 16.4. The van der Waals surface area contributed by atoms with Crippen LogP contribution in [0.1, 0.15) is 37.8 Å². The molecule has 5 nitrogen and oxygen atoms in total. The van der Waals surface area contributed by atoms with Crippen molar-refractivity contribution >= 4 is 17.6 Å². The number of aromatic nitrogens is 1. The summed E-state index contributed by atoms with van der Waals surface area (Å²) in [6.07, 6.45) is 7.16. The molecule has 3 unspecified atom stereocenters. The van der Waals surface area contributed by atoms with E-state index in [1.54, 1.807) is 12.1 Å². The van der Waals surface area contributed by atoms with Crippen molar-refractivity contribution in [2.75, 3.05) is 5.32 Å². The van der Waals surface area contributed by atoms with Gasteiger partial charge < -0.3 is 10.4 Å². The van der Waals surface area contributed by atoms with Gasteiger partial charge in [0.15, 0.2) is 0 Å². The average molecular weight is 288 g/mol. The third-order valence-corrected chi connectivity index (χ3v) is 4.77. The maximum atomic E-state index is 12.1. The molecule has 3 atom stereocenters. The Morgan fingerprint density at radius 1 is 1.29 bits per heavy atom. The van der Waals surface area contributed by atoms with E-state index in [0.717, 1.165) is 11.8 Å². The van der Waals surface area contributed by atoms with Gasteiger partial charge in [-0.25, -0.2) is 0 Å². The van der Waals surface area contributed by atoms with Gasteiger partial charge in [0.25, 0.3) is 0 Å². The zero-order valence-electron chi connectivity index (χ0n) is 11.9. The number of nitrogens with zero attached hydrogens (tertiary/aromatic N) is 1. The number of pyridine rings is 1. The number of carboxylic acids is 1. The Balaban J connectivity index is 1.51. The topological polar surface area (TPSA) is 79.3 Å². The Hall–Kier alpha value is -1.91. The van der Waals surface area contributed by atoms with Gasteiger partial charge in [-0.3, -0.25) is 14.6 Å². The van der Waals surface area contributed by atoms with Crippen LogP contribution in [0.4, 0.5) is 5.69 Å². The van der Waals surface area contributed by atoms with E-state index in [1.165, 1.54) is 31.9 Å². The van der Waals surface area contributed by atoms with E-state index in [2.05, 4.69) is 10.3 Å². The van der Waals surface area contributed by atoms with Crippen molar-refractivity contribution in [1.82, 2.24) is 4.98 Å². The highest BCUT2D eigenvalue weighted by molar-refractivity contribution is 5.90. The number of rotatable bonds is 5. The summed E-state index contributed by atoms with van der Waals surface area (Å²) in [5.41, 5.74) is 1.13. The second-order valence-corrected chi connectivity index (χ2v) is 6.30. The normalized spacial score (nSPS) is 26.8. The van der Waals surface area contributed by atoms with E-state index < -0.39 is 5.97 Å². The summed E-state index contributed by atoms with van der Waals surface area (Å²) in [6.45, 7) is 0. The number of hydrogen-bond acceptors (Lipinski definition) is 3. The molecule has 112 valence electrons. The summed E-state index contributed by atoms with van der Waals surface area (Å²) in [4.78, 5) is 26.7. The largest absolute Gasteiger partial charge is 0.481 e. The summed E-state index contributed by atoms with van der Waals surface area (Å²) in [6, 6.07) is 3.35. The molecule has 21 heavy (non-hydrogen) atoms. The lowest BCUT2D eigenvalue weighted by Crippen LogP contribution is -2.20. The van der Waals surface area contributed by atoms with Gasteiger partial charge in [-0.1, -0.05) is 6.42 Å². The predicted octanol–water partition coefficient (Wildman–Crippen LogP) is 2.47. The molecule has 0 aromatic carbocycles. The minimum atomic E-state index is -0.907. The van der Waals surface area contributed by atoms with E-state index in [9.17, 15) is 9.59 Å². The first kappa shape index (κ1) is 14.0. The summed E-state index contributed by atoms with van der Waals surface area (Å²) in [7, 11) is 0. The van der Waals surface area contributed by atoms with Crippen molar-refractivity contribution < 1.29 is 14.7 Å². The maximum absolute atomic E-state index is 12.1. The zero-order chi connectivity index (χ0) is 14.8. The van der Waals surface area contributed by atoms with Crippen LogP contribution in [0.15, 0.2) is 18.3 Å². The quantitative estimate of drug-likeness (QED) is 0.872. The van der Waals surface area contributed by atoms with Crippen LogP contribution in [0.5, 0.6) is 0 Å². The van der Waals surface area contributed by atoms with Gasteiger partial charge in [-0.05, 0) is 49.1 Å². The Bertz CT molecular complexity index is 541. The lowest BCUT2D eigenvalue weighted by Gasteiger charge is -2.20. The molecule has 2 N–H and O–H groups in total. The van der Waals surface area contributed by atoms with Crippen LogP contribution in [0.3, 0.4) is 0 Å². The molecular weight excluding hydrogens is 268 g/mol. The molecule has 2 aliphatic carbocycles. The molecule has 2 saturated carbocycles. The molecule has 0 saturated heterocycles. The van der Waals surface area contributed by atoms with Crippen molar-refractivity contribution in [2.45, 2.75) is 38.5 Å². The summed E-state index contributed by atoms with van der Waals surface area (Å²) < 4.78 is 0. The molecular formula is C16H20N2O3. The number of amides is 1. The molecule has 1 heterocycles. The fourth-order valence-corrected chi connectivity index (χ4v) is 3.83. The minimum Gasteiger partial charge on any atom is -0.481 e. The van der Waals surface area contributed by atoms with Crippen LogP contribution in [-0.4, -0.2) is 22.0 Å². The fourth-order valence-electron chi connectivity index (χ4n) is 3.83. The van der Waals surface area contributed by atoms with Crippen LogP contribution < -0.4 is 5.32 Å². The maximum Gasteiger partial charge on any atom is 0.309 e. The molecule has 3 rings (SSSR count). The van der Waals surface area contributed by atoms with E-state index in [-0.39, 0.29) is 12.3 Å². The van der Waals surface area contributed by atoms with E-state index in [1.807, 2.05) is 0 Å². The molecule has 5 heteroatoms. The van der Waals surface area contributed by atoms with Gasteiger partial charge in [0.1, 0.15) is 0 Å². The third-order valence-electron chi connectivity index (χ3n) is 4.77. The van der Waals surface area contributed by atoms with Crippen molar-refractivity contribution in [3.05, 3.63) is 24.0 Å². The molecule has 2 fully saturated rings. The smallest absolute Gasteiger partial charge is 0.309 e. The predicted molar refractivity (Wildman–Crippen MR) is 77.8 cm³/mol. The summed E-state index contributed by atoms with van der Waals surface area (Å²) in [5, 5.41) is 11.5. The molecule has 0 spiro atoms. The SMILES string of the molecule is O=C(O)Cc1ccc(NC(=O)CC2CC3CCC2C3)cn1. The lowest BCUT2D eigenvalue weighted by atomic mass is 9.86. The molecule has 0 aliphatic heterocycles. The van der Waals surface area contributed by atoms with E-state index in [0.29, 0.717) is 23.7 Å². The monoisotopic (exact) mass is 288 g/mol. The number of carbonyl (C=O) groups excluding carboxylic acids is 1. The molecule has 1 amide bonds. The number of nitrogens with one attached hydrogen (secondary N) is 1. The van der Waals surface area contributed by atoms with Gasteiger partial charge >= 0.3 is 5.97 Å². The first-order valence-electron chi connectivity index (χ1n) is 7.56. The van der Waals surface area contributed by atoms with Crippen LogP contribution >= 0.6 is 0 Å². The average Bonchev–Trinajstić information content (AvgIpc) is 3.02. The lowest BCUT2D eigenvalue weighted by molar-refractivity contribution is -0.136. The second-order valence-electron chi connectivity index (χ2n) is 6.30. The van der Waals surface area contributed by atoms with Gasteiger partial charge in [-0.15, -0.1) is 0 Å². The van der Waals surface area contributed by atoms with Crippen molar-refractivity contribution in [2.24, 2.45) is 17.8 Å². The summed E-state index contributed by atoms with van der Waals surface area (Å²) in [5.74, 6) is 1.28. The highest BCUT2D eigenvalue weighted by Crippen LogP contribution is 2.49. The third kappa shape index (κ3) is 3.40. The van der Waals surface area contributed by atoms with Crippen molar-refractivity contribution in [3.63, 3.8) is 0 Å². The van der Waals surface area contributed by atoms with E-state index >= 15 is 0 Å². The molecule has 1 aromatic rings. The van der Waals surface area contributed by atoms with Crippen LogP contribution in [0.25, 0.3) is 0 Å². The molecule has 2 bridgehead atoms. The fraction of sp³-hybridized carbons (Fsp3) is 0.562. The van der Waals surface area contributed by atoms with Gasteiger partial charge in [0.2, 0.25) is 5.91 Å². The second kappa shape index (κ2) is 5.84. The summed E-state index contributed by atoms with van der Waals surface area (Å²) >= 11 is 0. The van der Waals surface area contributed by atoms with Gasteiger partial charge in [-0.2, -0.15) is 0 Å². The molecule has 0 radical (unpaired) electrons. The number of aliphatic carboxylic acids is 1. The van der Waals surface area contributed by atoms with Crippen LogP contribution in [-0.2, 0) is 16.0 Å². The Kier molecular flexibility index (Phi) is 3.90. The zero-order valence-corrected chi connectivity index (χ0v) is 11.9. The standard InChI is InChI=1S/C16H20N2O3/c19-15(7-12-6-10-1-2-11(12)5-10)18-14-4-3-13(17-9-14)8-16(20)21/h3-4,9-12H,1-2,5-8H2,(H,18,19)(H,20,21). The molecule has 1 aromatic heterocycles. The van der Waals surface area contributed by atoms with Crippen molar-refractivity contribution in [3.8, 4) is 0 Å². The van der Waals surface area contributed by atoms with Crippen LogP contribution in [0.2, 0.25) is 0 Å². The molecule has 2 aliphatic rings. The first-order chi connectivity index (χ1) is 10.1. The Morgan fingerprint density at radius 2 is 2.14 bits per heavy atom.